The average Bonchev–Trinajstić information content (AvgIpc) is 3.33. The number of unbranched alkanes of at least 4 members (excludes halogenated alkanes) is 2. The first-order valence-corrected chi connectivity index (χ1v) is 11.8. The number of ether oxygens (including phenoxy) is 2. The summed E-state index contributed by atoms with van der Waals surface area (Å²) in [5, 5.41) is 0. The minimum atomic E-state index is -0.0545. The molecule has 3 heterocycles. The fourth-order valence-electron chi connectivity index (χ4n) is 3.78. The molecule has 0 aromatic heterocycles. The fourth-order valence-corrected chi connectivity index (χ4v) is 5.09. The molecule has 0 unspecified atom stereocenters. The highest BCUT2D eigenvalue weighted by atomic mass is 32.2. The molecule has 2 amide bonds. The van der Waals surface area contributed by atoms with Crippen LogP contribution in [0.5, 0.6) is 11.5 Å². The molecule has 3 aliphatic rings. The summed E-state index contributed by atoms with van der Waals surface area (Å²) in [6.07, 6.45) is 4.99. The Morgan fingerprint density at radius 2 is 1.90 bits per heavy atom. The number of likely N-dealkylation sites (N-methyl/N-ethyl adjacent to an activating group) is 1. The molecule has 0 aliphatic carbocycles. The number of nitrogens with zero attached hydrogens (tertiary/aromatic N) is 3. The summed E-state index contributed by atoms with van der Waals surface area (Å²) in [5.41, 5.74) is 0.882. The third-order valence-electron chi connectivity index (χ3n) is 5.70. The van der Waals surface area contributed by atoms with Gasteiger partial charge in [0.2, 0.25) is 12.7 Å². The van der Waals surface area contributed by atoms with Crippen molar-refractivity contribution in [1.82, 2.24) is 14.7 Å². The van der Waals surface area contributed by atoms with E-state index in [1.807, 2.05) is 29.2 Å². The predicted molar refractivity (Wildman–Crippen MR) is 125 cm³/mol. The molecule has 1 aromatic rings. The number of amides is 2. The Kier molecular flexibility index (Phi) is 7.14. The molecule has 0 N–H and O–H groups in total. The molecule has 1 aromatic carbocycles. The fraction of sp³-hybridized carbons (Fsp3) is 0.500. The Morgan fingerprint density at radius 3 is 2.71 bits per heavy atom. The highest BCUT2D eigenvalue weighted by molar-refractivity contribution is 8.26. The molecule has 31 heavy (non-hydrogen) atoms. The second-order valence-corrected chi connectivity index (χ2v) is 9.62. The van der Waals surface area contributed by atoms with Gasteiger partial charge in [-0.15, -0.1) is 0 Å². The van der Waals surface area contributed by atoms with Gasteiger partial charge >= 0.3 is 0 Å². The van der Waals surface area contributed by atoms with Crippen molar-refractivity contribution < 1.29 is 19.1 Å². The first-order chi connectivity index (χ1) is 15.0. The van der Waals surface area contributed by atoms with Crippen molar-refractivity contribution >= 4 is 46.2 Å². The predicted octanol–water partition coefficient (Wildman–Crippen LogP) is 2.95. The van der Waals surface area contributed by atoms with Crippen LogP contribution in [-0.4, -0.2) is 77.4 Å². The molecule has 4 rings (SSSR count). The second kappa shape index (κ2) is 10.0. The molecule has 0 radical (unpaired) electrons. The van der Waals surface area contributed by atoms with Crippen molar-refractivity contribution in [3.8, 4) is 11.5 Å². The lowest BCUT2D eigenvalue weighted by molar-refractivity contribution is -0.133. The van der Waals surface area contributed by atoms with Gasteiger partial charge in [0.1, 0.15) is 4.32 Å². The van der Waals surface area contributed by atoms with E-state index < -0.39 is 0 Å². The van der Waals surface area contributed by atoms with Gasteiger partial charge in [0.25, 0.3) is 5.91 Å². The Morgan fingerprint density at radius 1 is 1.13 bits per heavy atom. The third-order valence-corrected chi connectivity index (χ3v) is 7.07. The van der Waals surface area contributed by atoms with E-state index in [-0.39, 0.29) is 18.6 Å². The van der Waals surface area contributed by atoms with E-state index >= 15 is 0 Å². The Balaban J connectivity index is 1.22. The largest absolute Gasteiger partial charge is 0.454 e. The Bertz CT molecular complexity index is 897. The molecule has 166 valence electrons. The van der Waals surface area contributed by atoms with Crippen LogP contribution in [0.2, 0.25) is 0 Å². The SMILES string of the molecule is CN1CCN(C(=O)CCCCCN2C(=O)C(=Cc3ccc4c(c3)OCO4)SC2=S)CC1. The molecular weight excluding hydrogens is 434 g/mol. The molecular formula is C22H27N3O4S2. The molecule has 0 atom stereocenters. The molecule has 0 bridgehead atoms. The van der Waals surface area contributed by atoms with E-state index in [9.17, 15) is 9.59 Å². The van der Waals surface area contributed by atoms with Gasteiger partial charge in [-0.3, -0.25) is 14.5 Å². The van der Waals surface area contributed by atoms with Gasteiger partial charge in [-0.25, -0.2) is 0 Å². The van der Waals surface area contributed by atoms with Crippen LogP contribution in [0.25, 0.3) is 6.08 Å². The van der Waals surface area contributed by atoms with Gasteiger partial charge < -0.3 is 19.3 Å². The van der Waals surface area contributed by atoms with Gasteiger partial charge in [0.15, 0.2) is 11.5 Å². The number of hydrogen-bond acceptors (Lipinski definition) is 7. The van der Waals surface area contributed by atoms with Crippen LogP contribution >= 0.6 is 24.0 Å². The van der Waals surface area contributed by atoms with Crippen LogP contribution in [0.1, 0.15) is 31.2 Å². The summed E-state index contributed by atoms with van der Waals surface area (Å²) in [7, 11) is 2.08. The molecule has 0 saturated carbocycles. The molecule has 7 nitrogen and oxygen atoms in total. The van der Waals surface area contributed by atoms with Crippen molar-refractivity contribution in [3.63, 3.8) is 0 Å². The van der Waals surface area contributed by atoms with Gasteiger partial charge in [0, 0.05) is 39.1 Å². The van der Waals surface area contributed by atoms with Gasteiger partial charge in [-0.2, -0.15) is 0 Å². The lowest BCUT2D eigenvalue weighted by Crippen LogP contribution is -2.47. The molecule has 2 fully saturated rings. The third kappa shape index (κ3) is 5.39. The summed E-state index contributed by atoms with van der Waals surface area (Å²) in [6.45, 7) is 4.34. The highest BCUT2D eigenvalue weighted by Crippen LogP contribution is 2.36. The zero-order valence-corrected chi connectivity index (χ0v) is 19.3. The van der Waals surface area contributed by atoms with E-state index in [0.29, 0.717) is 27.9 Å². The smallest absolute Gasteiger partial charge is 0.266 e. The summed E-state index contributed by atoms with van der Waals surface area (Å²) in [5.74, 6) is 1.60. The highest BCUT2D eigenvalue weighted by Gasteiger charge is 2.31. The number of carbonyl (C=O) groups excluding carboxylic acids is 2. The maximum absolute atomic E-state index is 12.8. The maximum Gasteiger partial charge on any atom is 0.266 e. The molecule has 3 aliphatic heterocycles. The first-order valence-electron chi connectivity index (χ1n) is 10.6. The maximum atomic E-state index is 12.8. The van der Waals surface area contributed by atoms with Crippen LogP contribution in [0.4, 0.5) is 0 Å². The number of rotatable bonds is 7. The molecule has 2 saturated heterocycles. The van der Waals surface area contributed by atoms with E-state index in [2.05, 4.69) is 11.9 Å². The van der Waals surface area contributed by atoms with Gasteiger partial charge in [-0.1, -0.05) is 36.5 Å². The van der Waals surface area contributed by atoms with Gasteiger partial charge in [-0.05, 0) is 43.7 Å². The minimum absolute atomic E-state index is 0.0545. The van der Waals surface area contributed by atoms with Crippen molar-refractivity contribution in [2.75, 3.05) is 46.6 Å². The van der Waals surface area contributed by atoms with Crippen molar-refractivity contribution in [3.05, 3.63) is 28.7 Å². The number of benzene rings is 1. The normalized spacial score (nSPS) is 20.2. The Hall–Kier alpha value is -2.10. The number of fused-ring (bicyclic) bond motifs is 1. The van der Waals surface area contributed by atoms with Crippen LogP contribution in [0.15, 0.2) is 23.1 Å². The molecule has 9 heteroatoms. The lowest BCUT2D eigenvalue weighted by Gasteiger charge is -2.32. The summed E-state index contributed by atoms with van der Waals surface area (Å²) in [4.78, 5) is 31.6. The minimum Gasteiger partial charge on any atom is -0.454 e. The summed E-state index contributed by atoms with van der Waals surface area (Å²) < 4.78 is 11.3. The number of piperazine rings is 1. The van der Waals surface area contributed by atoms with E-state index in [1.165, 1.54) is 11.8 Å². The van der Waals surface area contributed by atoms with Crippen LogP contribution in [0.3, 0.4) is 0 Å². The molecule has 0 spiro atoms. The Labute approximate surface area is 192 Å². The first kappa shape index (κ1) is 22.1. The van der Waals surface area contributed by atoms with Crippen molar-refractivity contribution in [2.45, 2.75) is 25.7 Å². The topological polar surface area (TPSA) is 62.3 Å². The van der Waals surface area contributed by atoms with Crippen molar-refractivity contribution in [2.24, 2.45) is 0 Å². The van der Waals surface area contributed by atoms with Crippen LogP contribution in [0, 0.1) is 0 Å². The quantitative estimate of drug-likeness (QED) is 0.351. The summed E-state index contributed by atoms with van der Waals surface area (Å²) >= 11 is 6.75. The lowest BCUT2D eigenvalue weighted by atomic mass is 10.1. The van der Waals surface area contributed by atoms with E-state index in [4.69, 9.17) is 21.7 Å². The van der Waals surface area contributed by atoms with Crippen LogP contribution < -0.4 is 9.47 Å². The number of thiocarbonyl (C=S) groups is 1. The number of thioether (sulfide) groups is 1. The van der Waals surface area contributed by atoms with E-state index in [1.54, 1.807) is 4.90 Å². The van der Waals surface area contributed by atoms with E-state index in [0.717, 1.165) is 56.8 Å². The number of hydrogen-bond donors (Lipinski definition) is 0. The standard InChI is InChI=1S/C22H27N3O4S2/c1-23-9-11-24(12-10-23)20(26)5-3-2-4-8-25-21(27)19(31-22(25)30)14-16-6-7-17-18(13-16)29-15-28-17/h6-7,13-14H,2-5,8-12,15H2,1H3. The summed E-state index contributed by atoms with van der Waals surface area (Å²) in [6, 6.07) is 5.61. The zero-order chi connectivity index (χ0) is 21.8. The average molecular weight is 462 g/mol. The second-order valence-electron chi connectivity index (χ2n) is 7.94. The monoisotopic (exact) mass is 461 g/mol. The van der Waals surface area contributed by atoms with Crippen molar-refractivity contribution in [1.29, 1.82) is 0 Å². The zero-order valence-electron chi connectivity index (χ0n) is 17.7. The van der Waals surface area contributed by atoms with Crippen LogP contribution in [-0.2, 0) is 9.59 Å². The number of carbonyl (C=O) groups is 2. The van der Waals surface area contributed by atoms with Gasteiger partial charge in [0.05, 0.1) is 4.91 Å².